The smallest absolute Gasteiger partial charge is 0.416 e. The number of halogens is 4. The van der Waals surface area contributed by atoms with Crippen molar-refractivity contribution in [2.75, 3.05) is 0 Å². The van der Waals surface area contributed by atoms with Crippen LogP contribution in [0.3, 0.4) is 0 Å². The summed E-state index contributed by atoms with van der Waals surface area (Å²) >= 11 is 7.55. The Kier molecular flexibility index (Phi) is 7.97. The molecule has 0 aliphatic carbocycles. The van der Waals surface area contributed by atoms with Gasteiger partial charge >= 0.3 is 6.18 Å². The Morgan fingerprint density at radius 1 is 1.10 bits per heavy atom. The van der Waals surface area contributed by atoms with Crippen molar-refractivity contribution in [1.29, 1.82) is 0 Å². The molecular formula is C23H23ClF3NO2S. The van der Waals surface area contributed by atoms with Crippen LogP contribution in [-0.4, -0.2) is 10.1 Å². The summed E-state index contributed by atoms with van der Waals surface area (Å²) < 4.78 is 44.4. The van der Waals surface area contributed by atoms with Crippen LogP contribution in [0.2, 0.25) is 5.02 Å². The Morgan fingerprint density at radius 3 is 2.45 bits per heavy atom. The van der Waals surface area contributed by atoms with Crippen LogP contribution in [0.4, 0.5) is 13.2 Å². The zero-order chi connectivity index (χ0) is 22.4. The molecule has 0 saturated carbocycles. The van der Waals surface area contributed by atoms with Crippen molar-refractivity contribution in [1.82, 2.24) is 4.98 Å². The van der Waals surface area contributed by atoms with Gasteiger partial charge in [-0.1, -0.05) is 49.6 Å². The highest BCUT2D eigenvalue weighted by Crippen LogP contribution is 2.34. The van der Waals surface area contributed by atoms with E-state index >= 15 is 0 Å². The maximum atomic E-state index is 12.8. The normalized spacial score (nSPS) is 11.7. The van der Waals surface area contributed by atoms with Crippen LogP contribution in [0.25, 0.3) is 10.6 Å². The molecule has 0 spiro atoms. The van der Waals surface area contributed by atoms with Gasteiger partial charge in [0.25, 0.3) is 0 Å². The van der Waals surface area contributed by atoms with Gasteiger partial charge in [0, 0.05) is 10.6 Å². The quantitative estimate of drug-likeness (QED) is 0.335. The van der Waals surface area contributed by atoms with E-state index in [0.29, 0.717) is 26.9 Å². The molecule has 0 saturated heterocycles. The minimum absolute atomic E-state index is 0.147. The van der Waals surface area contributed by atoms with E-state index < -0.39 is 11.7 Å². The second kappa shape index (κ2) is 10.5. The van der Waals surface area contributed by atoms with Crippen LogP contribution in [0.1, 0.15) is 47.9 Å². The van der Waals surface area contributed by atoms with Crippen LogP contribution in [0.5, 0.6) is 5.75 Å². The van der Waals surface area contributed by atoms with Crippen molar-refractivity contribution in [2.24, 2.45) is 0 Å². The molecule has 1 N–H and O–H groups in total. The van der Waals surface area contributed by atoms with Crippen LogP contribution in [-0.2, 0) is 25.8 Å². The lowest BCUT2D eigenvalue weighted by atomic mass is 10.1. The first-order chi connectivity index (χ1) is 14.8. The highest BCUT2D eigenvalue weighted by molar-refractivity contribution is 7.15. The number of aliphatic hydroxyl groups is 1. The molecule has 0 aliphatic rings. The first kappa shape index (κ1) is 23.6. The molecule has 1 aromatic heterocycles. The third kappa shape index (κ3) is 6.21. The molecule has 0 unspecified atom stereocenters. The molecule has 3 rings (SSSR count). The monoisotopic (exact) mass is 469 g/mol. The summed E-state index contributed by atoms with van der Waals surface area (Å²) in [5.74, 6) is 0.575. The number of ether oxygens (including phenoxy) is 1. The van der Waals surface area contributed by atoms with Gasteiger partial charge in [0.15, 0.2) is 0 Å². The first-order valence-electron chi connectivity index (χ1n) is 10.00. The van der Waals surface area contributed by atoms with Crippen LogP contribution in [0.15, 0.2) is 42.5 Å². The fraction of sp³-hybridized carbons (Fsp3) is 0.348. The fourth-order valence-corrected chi connectivity index (χ4v) is 4.31. The fourth-order valence-electron chi connectivity index (χ4n) is 3.05. The molecule has 3 nitrogen and oxygen atoms in total. The average molecular weight is 470 g/mol. The van der Waals surface area contributed by atoms with Gasteiger partial charge in [-0.3, -0.25) is 0 Å². The number of unbranched alkanes of at least 4 members (excludes halogenated alkanes) is 2. The topological polar surface area (TPSA) is 42.4 Å². The Hall–Kier alpha value is -2.09. The minimum atomic E-state index is -4.36. The number of aliphatic hydroxyl groups excluding tert-OH is 1. The molecule has 3 aromatic rings. The number of alkyl halides is 3. The third-order valence-electron chi connectivity index (χ3n) is 4.82. The summed E-state index contributed by atoms with van der Waals surface area (Å²) in [6.07, 6.45) is -0.438. The van der Waals surface area contributed by atoms with E-state index in [1.807, 2.05) is 0 Å². The van der Waals surface area contributed by atoms with Crippen molar-refractivity contribution >= 4 is 22.9 Å². The molecule has 0 amide bonds. The zero-order valence-corrected chi connectivity index (χ0v) is 18.6. The van der Waals surface area contributed by atoms with E-state index in [1.165, 1.54) is 23.5 Å². The van der Waals surface area contributed by atoms with E-state index in [0.717, 1.165) is 48.4 Å². The Labute approximate surface area is 188 Å². The lowest BCUT2D eigenvalue weighted by molar-refractivity contribution is -0.137. The Bertz CT molecular complexity index is 1000. The van der Waals surface area contributed by atoms with E-state index in [-0.39, 0.29) is 13.2 Å². The number of benzene rings is 2. The molecule has 8 heteroatoms. The van der Waals surface area contributed by atoms with E-state index in [9.17, 15) is 18.3 Å². The van der Waals surface area contributed by atoms with E-state index in [1.54, 1.807) is 18.2 Å². The summed E-state index contributed by atoms with van der Waals surface area (Å²) in [6.45, 7) is 2.26. The number of nitrogens with zero attached hydrogens (tertiary/aromatic N) is 1. The summed E-state index contributed by atoms with van der Waals surface area (Å²) in [5, 5.41) is 10.3. The Balaban J connectivity index is 1.81. The largest absolute Gasteiger partial charge is 0.488 e. The summed E-state index contributed by atoms with van der Waals surface area (Å²) in [7, 11) is 0. The second-order valence-corrected chi connectivity index (χ2v) is 8.61. The average Bonchev–Trinajstić information content (AvgIpc) is 3.15. The number of hydrogen-bond acceptors (Lipinski definition) is 4. The number of aryl methyl sites for hydroxylation is 1. The van der Waals surface area contributed by atoms with E-state index in [2.05, 4.69) is 6.92 Å². The molecule has 1 heterocycles. The number of hydrogen-bond donors (Lipinski definition) is 1. The van der Waals surface area contributed by atoms with Crippen molar-refractivity contribution in [3.8, 4) is 16.3 Å². The molecule has 0 fully saturated rings. The maximum Gasteiger partial charge on any atom is 0.416 e. The first-order valence-corrected chi connectivity index (χ1v) is 11.2. The van der Waals surface area contributed by atoms with Crippen LogP contribution >= 0.6 is 22.9 Å². The maximum absolute atomic E-state index is 12.8. The SMILES string of the molecule is CCCCCc1nc(-c2ccc(C(F)(F)F)cc2)sc1COc1ccc(CO)c(Cl)c1. The molecule has 2 aromatic carbocycles. The summed E-state index contributed by atoms with van der Waals surface area (Å²) in [6, 6.07) is 10.2. The van der Waals surface area contributed by atoms with Gasteiger partial charge < -0.3 is 9.84 Å². The van der Waals surface area contributed by atoms with Gasteiger partial charge in [0.1, 0.15) is 17.4 Å². The molecule has 0 bridgehead atoms. The highest BCUT2D eigenvalue weighted by atomic mass is 35.5. The summed E-state index contributed by atoms with van der Waals surface area (Å²) in [5.41, 5.74) is 1.50. The summed E-state index contributed by atoms with van der Waals surface area (Å²) in [4.78, 5) is 5.64. The molecule has 0 aliphatic heterocycles. The Morgan fingerprint density at radius 2 is 1.84 bits per heavy atom. The standard InChI is InChI=1S/C23H23ClF3NO2S/c1-2-3-4-5-20-21(14-30-18-11-8-16(13-29)19(24)12-18)31-22(28-20)15-6-9-17(10-7-15)23(25,26)27/h6-12,29H,2-5,13-14H2,1H3. The van der Waals surface area contributed by atoms with Crippen LogP contribution < -0.4 is 4.74 Å². The van der Waals surface area contributed by atoms with Gasteiger partial charge in [-0.25, -0.2) is 4.98 Å². The van der Waals surface area contributed by atoms with Crippen LogP contribution in [0, 0.1) is 0 Å². The molecule has 166 valence electrons. The lowest BCUT2D eigenvalue weighted by Gasteiger charge is -2.08. The molecule has 0 radical (unpaired) electrons. The third-order valence-corrected chi connectivity index (χ3v) is 6.29. The number of thiazole rings is 1. The van der Waals surface area contributed by atoms with Crippen molar-refractivity contribution in [3.05, 3.63) is 69.2 Å². The van der Waals surface area contributed by atoms with Crippen molar-refractivity contribution in [2.45, 2.75) is 52.0 Å². The van der Waals surface area contributed by atoms with E-state index in [4.69, 9.17) is 21.3 Å². The van der Waals surface area contributed by atoms with Crippen molar-refractivity contribution in [3.63, 3.8) is 0 Å². The molecular weight excluding hydrogens is 447 g/mol. The number of aromatic nitrogens is 1. The van der Waals surface area contributed by atoms with Gasteiger partial charge in [-0.05, 0) is 42.7 Å². The zero-order valence-electron chi connectivity index (χ0n) is 17.0. The van der Waals surface area contributed by atoms with Gasteiger partial charge in [-0.2, -0.15) is 13.2 Å². The highest BCUT2D eigenvalue weighted by Gasteiger charge is 2.30. The second-order valence-electron chi connectivity index (χ2n) is 7.12. The lowest BCUT2D eigenvalue weighted by Crippen LogP contribution is -2.03. The molecule has 0 atom stereocenters. The minimum Gasteiger partial charge on any atom is -0.488 e. The number of rotatable bonds is 9. The van der Waals surface area contributed by atoms with Gasteiger partial charge in [0.05, 0.1) is 22.7 Å². The predicted molar refractivity (Wildman–Crippen MR) is 117 cm³/mol. The van der Waals surface area contributed by atoms with Gasteiger partial charge in [-0.15, -0.1) is 11.3 Å². The molecule has 31 heavy (non-hydrogen) atoms. The van der Waals surface area contributed by atoms with Gasteiger partial charge in [0.2, 0.25) is 0 Å². The predicted octanol–water partition coefficient (Wildman–Crippen LogP) is 7.29. The van der Waals surface area contributed by atoms with Crippen molar-refractivity contribution < 1.29 is 23.0 Å².